The van der Waals surface area contributed by atoms with Gasteiger partial charge in [-0.15, -0.1) is 0 Å². The number of carbonyl (C=O) groups excluding carboxylic acids is 3. The number of carbonyl (C=O) groups is 3. The van der Waals surface area contributed by atoms with Crippen molar-refractivity contribution in [3.8, 4) is 0 Å². The summed E-state index contributed by atoms with van der Waals surface area (Å²) in [5.41, 5.74) is -0.288. The van der Waals surface area contributed by atoms with Crippen molar-refractivity contribution in [2.75, 3.05) is 26.5 Å². The van der Waals surface area contributed by atoms with E-state index >= 15 is 0 Å². The summed E-state index contributed by atoms with van der Waals surface area (Å²) in [5, 5.41) is 15.8. The summed E-state index contributed by atoms with van der Waals surface area (Å²) in [5.74, 6) is -1.20. The van der Waals surface area contributed by atoms with Crippen LogP contribution < -0.4 is 10.6 Å². The van der Waals surface area contributed by atoms with Crippen LogP contribution >= 0.6 is 22.6 Å². The number of benzene rings is 1. The number of esters is 1. The molecule has 4 aliphatic rings. The van der Waals surface area contributed by atoms with Crippen molar-refractivity contribution in [2.45, 2.75) is 49.8 Å². The van der Waals surface area contributed by atoms with Gasteiger partial charge in [-0.05, 0) is 34.2 Å². The summed E-state index contributed by atoms with van der Waals surface area (Å²) in [6, 6.07) is 6.78. The van der Waals surface area contributed by atoms with Crippen molar-refractivity contribution in [2.24, 2.45) is 5.41 Å². The molecule has 11 nitrogen and oxygen atoms in total. The normalized spacial score (nSPS) is 33.8. The van der Waals surface area contributed by atoms with Crippen LogP contribution in [0, 0.1) is 8.99 Å². The average Bonchev–Trinajstić information content (AvgIpc) is 3.43. The van der Waals surface area contributed by atoms with E-state index in [0.29, 0.717) is 0 Å². The molecule has 0 unspecified atom stereocenters. The maximum Gasteiger partial charge on any atom is 0.327 e. The second-order valence-corrected chi connectivity index (χ2v) is 9.94. The molecule has 3 aliphatic heterocycles. The third-order valence-corrected chi connectivity index (χ3v) is 7.90. The maximum atomic E-state index is 13.7. The first-order valence-corrected chi connectivity index (χ1v) is 12.3. The molecule has 5 rings (SSSR count). The predicted molar refractivity (Wildman–Crippen MR) is 123 cm³/mol. The van der Waals surface area contributed by atoms with Gasteiger partial charge in [-0.25, -0.2) is 0 Å². The third kappa shape index (κ3) is 3.99. The van der Waals surface area contributed by atoms with Gasteiger partial charge in [-0.1, -0.05) is 18.2 Å². The van der Waals surface area contributed by atoms with Crippen LogP contribution in [0.5, 0.6) is 0 Å². The molecule has 0 aromatic heterocycles. The molecule has 1 saturated carbocycles. The van der Waals surface area contributed by atoms with Crippen LogP contribution in [0.1, 0.15) is 18.4 Å². The molecule has 1 aromatic carbocycles. The number of nitrogens with zero attached hydrogens (tertiary/aromatic N) is 1. The van der Waals surface area contributed by atoms with E-state index in [4.69, 9.17) is 24.2 Å². The molecule has 34 heavy (non-hydrogen) atoms. The largest absolute Gasteiger partial charge is 0.458 e. The van der Waals surface area contributed by atoms with Gasteiger partial charge in [0.15, 0.2) is 6.04 Å². The summed E-state index contributed by atoms with van der Waals surface area (Å²) < 4.78 is 18.2. The minimum atomic E-state index is -1.24. The van der Waals surface area contributed by atoms with Crippen molar-refractivity contribution in [1.82, 2.24) is 15.7 Å². The van der Waals surface area contributed by atoms with E-state index in [-0.39, 0.29) is 57.7 Å². The van der Waals surface area contributed by atoms with Gasteiger partial charge in [-0.3, -0.25) is 19.2 Å². The Labute approximate surface area is 209 Å². The van der Waals surface area contributed by atoms with Gasteiger partial charge in [0.1, 0.15) is 36.6 Å². The molecule has 1 aromatic rings. The lowest BCUT2D eigenvalue weighted by Gasteiger charge is -2.48. The summed E-state index contributed by atoms with van der Waals surface area (Å²) in [7, 11) is 0. The van der Waals surface area contributed by atoms with E-state index in [0.717, 1.165) is 9.13 Å². The second-order valence-electron chi connectivity index (χ2n) is 8.77. The van der Waals surface area contributed by atoms with Gasteiger partial charge in [0.05, 0.1) is 13.2 Å². The molecular formula is C22H26IN3O8. The van der Waals surface area contributed by atoms with E-state index < -0.39 is 41.8 Å². The number of aliphatic hydroxyl groups is 1. The molecule has 4 fully saturated rings. The first kappa shape index (κ1) is 23.9. The van der Waals surface area contributed by atoms with E-state index in [1.54, 1.807) is 0 Å². The van der Waals surface area contributed by atoms with Crippen LogP contribution in [-0.4, -0.2) is 84.9 Å². The van der Waals surface area contributed by atoms with Crippen LogP contribution in [-0.2, 0) is 40.0 Å². The maximum absolute atomic E-state index is 13.7. The summed E-state index contributed by atoms with van der Waals surface area (Å²) >= 11 is 2.22. The molecule has 12 heteroatoms. The number of rotatable bonds is 8. The van der Waals surface area contributed by atoms with Crippen LogP contribution in [0.2, 0.25) is 0 Å². The van der Waals surface area contributed by atoms with Crippen LogP contribution in [0.25, 0.3) is 0 Å². The van der Waals surface area contributed by atoms with Crippen molar-refractivity contribution < 1.29 is 38.5 Å². The van der Waals surface area contributed by atoms with Gasteiger partial charge in [0, 0.05) is 29.5 Å². The number of hydrogen-bond donors (Lipinski definition) is 3. The SMILES string of the molecule is O=C(CCNC(=O)[C@@]12C[C@H]3OC(=O)[C@@H]1N(Cc1ccccc1I)O[C@@H]2[C@H]1OCO[C@H]13)NCCO. The van der Waals surface area contributed by atoms with Crippen molar-refractivity contribution in [3.05, 3.63) is 33.4 Å². The van der Waals surface area contributed by atoms with Gasteiger partial charge in [0.2, 0.25) is 11.8 Å². The van der Waals surface area contributed by atoms with Crippen molar-refractivity contribution >= 4 is 40.4 Å². The van der Waals surface area contributed by atoms with Gasteiger partial charge >= 0.3 is 5.97 Å². The highest BCUT2D eigenvalue weighted by Crippen LogP contribution is 2.55. The van der Waals surface area contributed by atoms with Gasteiger partial charge in [0.25, 0.3) is 0 Å². The van der Waals surface area contributed by atoms with Gasteiger partial charge in [-0.2, -0.15) is 5.06 Å². The smallest absolute Gasteiger partial charge is 0.327 e. The first-order valence-electron chi connectivity index (χ1n) is 11.2. The number of amides is 2. The van der Waals surface area contributed by atoms with Gasteiger partial charge < -0.3 is 30.0 Å². The fourth-order valence-electron chi connectivity index (χ4n) is 5.37. The standard InChI is InChI=1S/C22H26IN3O8/c23-13-4-2-1-3-12(13)10-26-18-20(29)33-14-9-22(18,19(34-26)17-16(14)31-11-32-17)21(30)25-6-5-15(28)24-7-8-27/h1-4,14,16-19,27H,5-11H2,(H,24,28)(H,25,30)/t14-,16+,17+,18+,19-,22+/m1/s1. The molecular weight excluding hydrogens is 561 g/mol. The minimum absolute atomic E-state index is 0.0349. The number of aliphatic hydroxyl groups excluding tert-OH is 1. The quantitative estimate of drug-likeness (QED) is 0.271. The lowest BCUT2D eigenvalue weighted by atomic mass is 9.62. The number of hydroxylamine groups is 2. The topological polar surface area (TPSA) is 136 Å². The molecule has 2 bridgehead atoms. The molecule has 6 atom stereocenters. The van der Waals surface area contributed by atoms with E-state index in [1.807, 2.05) is 24.3 Å². The Bertz CT molecular complexity index is 979. The Morgan fingerprint density at radius 2 is 1.97 bits per heavy atom. The molecule has 1 aliphatic carbocycles. The van der Waals surface area contributed by atoms with Crippen molar-refractivity contribution in [1.29, 1.82) is 0 Å². The van der Waals surface area contributed by atoms with Crippen LogP contribution in [0.15, 0.2) is 24.3 Å². The number of hydrogen-bond acceptors (Lipinski definition) is 9. The zero-order chi connectivity index (χ0) is 23.9. The lowest BCUT2D eigenvalue weighted by Crippen LogP contribution is -2.69. The Morgan fingerprint density at radius 1 is 1.18 bits per heavy atom. The number of halogens is 1. The molecule has 3 saturated heterocycles. The molecule has 184 valence electrons. The van der Waals surface area contributed by atoms with Crippen LogP contribution in [0.3, 0.4) is 0 Å². The summed E-state index contributed by atoms with van der Waals surface area (Å²) in [6.45, 7) is 0.394. The van der Waals surface area contributed by atoms with E-state index in [9.17, 15) is 14.4 Å². The fraction of sp³-hybridized carbons (Fsp3) is 0.591. The van der Waals surface area contributed by atoms with Crippen molar-refractivity contribution in [3.63, 3.8) is 0 Å². The first-order chi connectivity index (χ1) is 16.5. The average molecular weight is 587 g/mol. The summed E-state index contributed by atoms with van der Waals surface area (Å²) in [6.07, 6.45) is -2.14. The fourth-order valence-corrected chi connectivity index (χ4v) is 5.92. The Kier molecular flexibility index (Phi) is 6.79. The zero-order valence-electron chi connectivity index (χ0n) is 18.3. The highest BCUT2D eigenvalue weighted by atomic mass is 127. The Morgan fingerprint density at radius 3 is 2.76 bits per heavy atom. The Balaban J connectivity index is 1.41. The monoisotopic (exact) mass is 587 g/mol. The highest BCUT2D eigenvalue weighted by molar-refractivity contribution is 14.1. The summed E-state index contributed by atoms with van der Waals surface area (Å²) in [4.78, 5) is 45.1. The predicted octanol–water partition coefficient (Wildman–Crippen LogP) is -0.553. The third-order valence-electron chi connectivity index (χ3n) is 6.85. The highest BCUT2D eigenvalue weighted by Gasteiger charge is 2.74. The minimum Gasteiger partial charge on any atom is -0.458 e. The second kappa shape index (κ2) is 9.66. The molecule has 0 radical (unpaired) electrons. The Hall–Kier alpha value is -1.84. The molecule has 3 heterocycles. The van der Waals surface area contributed by atoms with Crippen LogP contribution in [0.4, 0.5) is 0 Å². The van der Waals surface area contributed by atoms with E-state index in [2.05, 4.69) is 33.2 Å². The van der Waals surface area contributed by atoms with E-state index in [1.165, 1.54) is 5.06 Å². The lowest BCUT2D eigenvalue weighted by molar-refractivity contribution is -0.201. The molecule has 0 spiro atoms. The number of fused-ring (bicyclic) bond motifs is 4. The number of ether oxygens (including phenoxy) is 3. The molecule has 3 N–H and O–H groups in total. The number of nitrogens with one attached hydrogen (secondary N) is 2. The molecule has 2 amide bonds. The zero-order valence-corrected chi connectivity index (χ0v) is 20.4.